The number of hydrogen-bond acceptors (Lipinski definition) is 5. The van der Waals surface area contributed by atoms with Crippen LogP contribution in [0, 0.1) is 0 Å². The van der Waals surface area contributed by atoms with Crippen molar-refractivity contribution in [1.29, 1.82) is 0 Å². The molecule has 0 aliphatic carbocycles. The first-order valence-electron chi connectivity index (χ1n) is 5.40. The third-order valence-electron chi connectivity index (χ3n) is 2.24. The number of carbonyl (C=O) groups excluding carboxylic acids is 1. The minimum Gasteiger partial charge on any atom is -0.348 e. The molecule has 4 N–H and O–H groups in total. The minimum absolute atomic E-state index is 0.0586. The van der Waals surface area contributed by atoms with Gasteiger partial charge in [-0.15, -0.1) is 0 Å². The highest BCUT2D eigenvalue weighted by molar-refractivity contribution is 5.99. The van der Waals surface area contributed by atoms with E-state index in [1.807, 2.05) is 25.9 Å². The number of anilines is 1. The summed E-state index contributed by atoms with van der Waals surface area (Å²) in [6.45, 7) is 2.72. The molecule has 1 heterocycles. The van der Waals surface area contributed by atoms with Crippen LogP contribution < -0.4 is 16.6 Å². The van der Waals surface area contributed by atoms with Crippen molar-refractivity contribution in [2.24, 2.45) is 5.84 Å². The van der Waals surface area contributed by atoms with E-state index in [0.29, 0.717) is 11.3 Å². The third kappa shape index (κ3) is 4.01. The normalized spacial score (nSPS) is 12.3. The molecule has 0 spiro atoms. The molecule has 0 saturated carbocycles. The number of amides is 1. The maximum Gasteiger partial charge on any atom is 0.255 e. The zero-order valence-electron chi connectivity index (χ0n) is 10.4. The molecule has 0 bridgehead atoms. The average molecular weight is 237 g/mol. The van der Waals surface area contributed by atoms with E-state index in [9.17, 15) is 4.79 Å². The van der Waals surface area contributed by atoms with Gasteiger partial charge in [0.2, 0.25) is 0 Å². The Kier molecular flexibility index (Phi) is 4.86. The molecular weight excluding hydrogens is 218 g/mol. The number of nitrogens with two attached hydrogens (primary N) is 1. The van der Waals surface area contributed by atoms with E-state index in [0.717, 1.165) is 6.54 Å². The lowest BCUT2D eigenvalue weighted by atomic mass is 10.2. The van der Waals surface area contributed by atoms with Crippen LogP contribution in [0.4, 0.5) is 5.69 Å². The Hall–Kier alpha value is -1.66. The fourth-order valence-electron chi connectivity index (χ4n) is 1.60. The number of aromatic nitrogens is 1. The summed E-state index contributed by atoms with van der Waals surface area (Å²) in [6.07, 6.45) is 3.07. The summed E-state index contributed by atoms with van der Waals surface area (Å²) in [5.74, 6) is 5.15. The molecule has 1 aromatic rings. The Morgan fingerprint density at radius 1 is 1.59 bits per heavy atom. The van der Waals surface area contributed by atoms with Crippen molar-refractivity contribution in [1.82, 2.24) is 15.2 Å². The molecular formula is C11H19N5O. The van der Waals surface area contributed by atoms with Gasteiger partial charge in [0, 0.05) is 25.0 Å². The molecule has 1 amide bonds. The van der Waals surface area contributed by atoms with Crippen LogP contribution >= 0.6 is 0 Å². The standard InChI is InChI=1S/C11H19N5O/c1-8(7-16(2)3)14-11(17)9-6-13-5-4-10(9)15-12/h4-6,8H,7,12H2,1-3H3,(H,13,15)(H,14,17). The predicted molar refractivity (Wildman–Crippen MR) is 67.5 cm³/mol. The molecule has 1 atom stereocenters. The molecule has 0 aliphatic heterocycles. The summed E-state index contributed by atoms with van der Waals surface area (Å²) >= 11 is 0. The van der Waals surface area contributed by atoms with Crippen molar-refractivity contribution in [3.8, 4) is 0 Å². The van der Waals surface area contributed by atoms with Crippen LogP contribution in [0.25, 0.3) is 0 Å². The molecule has 6 nitrogen and oxygen atoms in total. The summed E-state index contributed by atoms with van der Waals surface area (Å²) < 4.78 is 0. The van der Waals surface area contributed by atoms with Crippen molar-refractivity contribution in [2.45, 2.75) is 13.0 Å². The highest BCUT2D eigenvalue weighted by Crippen LogP contribution is 2.11. The molecule has 0 fully saturated rings. The topological polar surface area (TPSA) is 83.3 Å². The maximum atomic E-state index is 12.0. The van der Waals surface area contributed by atoms with Gasteiger partial charge in [-0.05, 0) is 27.1 Å². The molecule has 1 unspecified atom stereocenters. The van der Waals surface area contributed by atoms with E-state index >= 15 is 0 Å². The molecule has 1 rings (SSSR count). The van der Waals surface area contributed by atoms with E-state index in [2.05, 4.69) is 15.7 Å². The molecule has 94 valence electrons. The van der Waals surface area contributed by atoms with Crippen LogP contribution in [0.15, 0.2) is 18.5 Å². The Morgan fingerprint density at radius 2 is 2.29 bits per heavy atom. The van der Waals surface area contributed by atoms with Crippen LogP contribution in [0.5, 0.6) is 0 Å². The lowest BCUT2D eigenvalue weighted by Crippen LogP contribution is -2.39. The number of nitrogens with one attached hydrogen (secondary N) is 2. The van der Waals surface area contributed by atoms with Gasteiger partial charge in [-0.25, -0.2) is 0 Å². The van der Waals surface area contributed by atoms with Crippen LogP contribution in [0.3, 0.4) is 0 Å². The van der Waals surface area contributed by atoms with Gasteiger partial charge in [0.15, 0.2) is 0 Å². The molecule has 0 saturated heterocycles. The largest absolute Gasteiger partial charge is 0.348 e. The van der Waals surface area contributed by atoms with Crippen molar-refractivity contribution in [3.63, 3.8) is 0 Å². The Balaban J connectivity index is 2.69. The van der Waals surface area contributed by atoms with E-state index in [-0.39, 0.29) is 11.9 Å². The number of hydrazine groups is 1. The number of hydrogen-bond donors (Lipinski definition) is 3. The van der Waals surface area contributed by atoms with Gasteiger partial charge in [0.05, 0.1) is 11.3 Å². The Bertz CT molecular complexity index is 380. The van der Waals surface area contributed by atoms with Gasteiger partial charge in [0.1, 0.15) is 0 Å². The van der Waals surface area contributed by atoms with Gasteiger partial charge in [-0.3, -0.25) is 15.6 Å². The molecule has 6 heteroatoms. The highest BCUT2D eigenvalue weighted by Gasteiger charge is 2.13. The van der Waals surface area contributed by atoms with Gasteiger partial charge in [0.25, 0.3) is 5.91 Å². The summed E-state index contributed by atoms with van der Waals surface area (Å²) in [5.41, 5.74) is 3.49. The van der Waals surface area contributed by atoms with Gasteiger partial charge in [-0.2, -0.15) is 0 Å². The Labute approximate surface area is 101 Å². The van der Waals surface area contributed by atoms with Crippen molar-refractivity contribution >= 4 is 11.6 Å². The molecule has 0 aliphatic rings. The molecule has 0 radical (unpaired) electrons. The zero-order valence-corrected chi connectivity index (χ0v) is 10.4. The first kappa shape index (κ1) is 13.4. The van der Waals surface area contributed by atoms with Gasteiger partial charge < -0.3 is 15.6 Å². The van der Waals surface area contributed by atoms with Gasteiger partial charge in [-0.1, -0.05) is 0 Å². The molecule has 17 heavy (non-hydrogen) atoms. The van der Waals surface area contributed by atoms with Crippen LogP contribution in [0.1, 0.15) is 17.3 Å². The SMILES string of the molecule is CC(CN(C)C)NC(=O)c1cnccc1NN. The van der Waals surface area contributed by atoms with E-state index in [1.54, 1.807) is 12.3 Å². The van der Waals surface area contributed by atoms with E-state index in [4.69, 9.17) is 5.84 Å². The van der Waals surface area contributed by atoms with Crippen LogP contribution in [-0.2, 0) is 0 Å². The second-order valence-electron chi connectivity index (χ2n) is 4.20. The highest BCUT2D eigenvalue weighted by atomic mass is 16.1. The summed E-state index contributed by atoms with van der Waals surface area (Å²) in [4.78, 5) is 17.9. The predicted octanol–water partition coefficient (Wildman–Crippen LogP) is 0.0471. The number of pyridine rings is 1. The average Bonchev–Trinajstić information content (AvgIpc) is 2.27. The number of rotatable bonds is 5. The number of nitrogen functional groups attached to an aromatic ring is 1. The van der Waals surface area contributed by atoms with E-state index in [1.165, 1.54) is 6.20 Å². The lowest BCUT2D eigenvalue weighted by molar-refractivity contribution is 0.0935. The number of carbonyl (C=O) groups is 1. The van der Waals surface area contributed by atoms with Crippen LogP contribution in [-0.4, -0.2) is 42.5 Å². The summed E-state index contributed by atoms with van der Waals surface area (Å²) in [5, 5.41) is 2.89. The fraction of sp³-hybridized carbons (Fsp3) is 0.455. The monoisotopic (exact) mass is 237 g/mol. The van der Waals surface area contributed by atoms with Crippen LogP contribution in [0.2, 0.25) is 0 Å². The second kappa shape index (κ2) is 6.17. The first-order chi connectivity index (χ1) is 8.04. The van der Waals surface area contributed by atoms with Gasteiger partial charge >= 0.3 is 0 Å². The quantitative estimate of drug-likeness (QED) is 0.498. The van der Waals surface area contributed by atoms with E-state index < -0.39 is 0 Å². The smallest absolute Gasteiger partial charge is 0.255 e. The van der Waals surface area contributed by atoms with Crippen molar-refractivity contribution < 1.29 is 4.79 Å². The lowest BCUT2D eigenvalue weighted by Gasteiger charge is -2.18. The maximum absolute atomic E-state index is 12.0. The molecule has 0 aromatic carbocycles. The number of nitrogens with zero attached hydrogens (tertiary/aromatic N) is 2. The Morgan fingerprint density at radius 3 is 2.88 bits per heavy atom. The molecule has 1 aromatic heterocycles. The first-order valence-corrected chi connectivity index (χ1v) is 5.40. The third-order valence-corrected chi connectivity index (χ3v) is 2.24. The number of likely N-dealkylation sites (N-methyl/N-ethyl adjacent to an activating group) is 1. The van der Waals surface area contributed by atoms with Crippen molar-refractivity contribution in [3.05, 3.63) is 24.0 Å². The second-order valence-corrected chi connectivity index (χ2v) is 4.20. The summed E-state index contributed by atoms with van der Waals surface area (Å²) in [6, 6.07) is 1.72. The minimum atomic E-state index is -0.180. The van der Waals surface area contributed by atoms with Crippen molar-refractivity contribution in [2.75, 3.05) is 26.1 Å². The zero-order chi connectivity index (χ0) is 12.8. The fourth-order valence-corrected chi connectivity index (χ4v) is 1.60. The summed E-state index contributed by atoms with van der Waals surface area (Å²) in [7, 11) is 3.92.